The van der Waals surface area contributed by atoms with Crippen LogP contribution in [0.1, 0.15) is 6.92 Å². The van der Waals surface area contributed by atoms with Gasteiger partial charge >= 0.3 is 0 Å². The zero-order valence-electron chi connectivity index (χ0n) is 4.22. The van der Waals surface area contributed by atoms with Crippen molar-refractivity contribution >= 4 is 0 Å². The molecule has 40 valence electrons. The molecule has 1 N–H and O–H groups in total. The number of rotatable bonds is 2. The minimum Gasteiger partial charge on any atom is -0.348 e. The summed E-state index contributed by atoms with van der Waals surface area (Å²) in [7, 11) is 0. The van der Waals surface area contributed by atoms with Crippen LogP contribution in [0.4, 0.5) is 0 Å². The highest BCUT2D eigenvalue weighted by molar-refractivity contribution is 5.08. The van der Waals surface area contributed by atoms with Crippen LogP contribution in [-0.4, -0.2) is 5.26 Å². The predicted octanol–water partition coefficient (Wildman–Crippen LogP) is 1.57. The molecule has 2 nitrogen and oxygen atoms in total. The van der Waals surface area contributed by atoms with Crippen LogP contribution < -0.4 is 0 Å². The van der Waals surface area contributed by atoms with E-state index in [0.29, 0.717) is 0 Å². The van der Waals surface area contributed by atoms with Crippen LogP contribution in [-0.2, 0) is 4.89 Å². The Hall–Kier alpha value is -0.760. The topological polar surface area (TPSA) is 29.5 Å². The maximum Gasteiger partial charge on any atom is 0.129 e. The molecule has 0 saturated carbocycles. The van der Waals surface area contributed by atoms with Crippen LogP contribution in [0.3, 0.4) is 0 Å². The summed E-state index contributed by atoms with van der Waals surface area (Å²) in [5.74, 6) is 0. The highest BCUT2D eigenvalue weighted by Crippen LogP contribution is 1.86. The molecule has 0 rings (SSSR count). The van der Waals surface area contributed by atoms with Crippen molar-refractivity contribution in [2.45, 2.75) is 6.92 Å². The minimum atomic E-state index is 0.842. The van der Waals surface area contributed by atoms with E-state index in [0.717, 1.165) is 11.8 Å². The largest absolute Gasteiger partial charge is 0.348 e. The van der Waals surface area contributed by atoms with Crippen molar-refractivity contribution < 1.29 is 10.1 Å². The van der Waals surface area contributed by atoms with E-state index in [-0.39, 0.29) is 0 Å². The third-order valence-corrected chi connectivity index (χ3v) is 0.413. The van der Waals surface area contributed by atoms with Gasteiger partial charge < -0.3 is 4.89 Å². The summed E-state index contributed by atoms with van der Waals surface area (Å²) < 4.78 is 0. The Morgan fingerprint density at radius 3 is 2.57 bits per heavy atom. The standard InChI is InChI=1S/C5H8O2/c1-5(2)3-4-7-6/h3-4,6H,1H2,2H3. The molecule has 0 aromatic rings. The lowest BCUT2D eigenvalue weighted by Gasteiger charge is -1.81. The van der Waals surface area contributed by atoms with Gasteiger partial charge in [0.15, 0.2) is 0 Å². The first-order valence-electron chi connectivity index (χ1n) is 1.89. The number of hydrogen-bond donors (Lipinski definition) is 1. The molecule has 7 heavy (non-hydrogen) atoms. The quantitative estimate of drug-likeness (QED) is 0.247. The van der Waals surface area contributed by atoms with Crippen LogP contribution in [0.2, 0.25) is 0 Å². The van der Waals surface area contributed by atoms with Gasteiger partial charge in [0.1, 0.15) is 6.26 Å². The van der Waals surface area contributed by atoms with Crippen LogP contribution in [0.25, 0.3) is 0 Å². The molecule has 0 saturated heterocycles. The summed E-state index contributed by atoms with van der Waals surface area (Å²) in [5.41, 5.74) is 0.842. The van der Waals surface area contributed by atoms with Gasteiger partial charge in [0.25, 0.3) is 0 Å². The van der Waals surface area contributed by atoms with E-state index in [9.17, 15) is 0 Å². The Kier molecular flexibility index (Phi) is 3.06. The second kappa shape index (κ2) is 3.43. The Morgan fingerprint density at radius 1 is 1.86 bits per heavy atom. The molecule has 0 aromatic heterocycles. The van der Waals surface area contributed by atoms with Crippen LogP contribution in [0.5, 0.6) is 0 Å². The molecule has 0 bridgehead atoms. The molecule has 0 radical (unpaired) electrons. The zero-order chi connectivity index (χ0) is 5.70. The van der Waals surface area contributed by atoms with E-state index in [1.54, 1.807) is 13.0 Å². The third kappa shape index (κ3) is 5.24. The van der Waals surface area contributed by atoms with Crippen LogP contribution in [0.15, 0.2) is 24.5 Å². The van der Waals surface area contributed by atoms with E-state index < -0.39 is 0 Å². The Morgan fingerprint density at radius 2 is 2.43 bits per heavy atom. The smallest absolute Gasteiger partial charge is 0.129 e. The second-order valence-electron chi connectivity index (χ2n) is 1.25. The lowest BCUT2D eigenvalue weighted by molar-refractivity contribution is -0.186. The van der Waals surface area contributed by atoms with Gasteiger partial charge in [0.05, 0.1) is 0 Å². The first-order chi connectivity index (χ1) is 3.27. The lowest BCUT2D eigenvalue weighted by Crippen LogP contribution is -1.65. The van der Waals surface area contributed by atoms with Crippen molar-refractivity contribution in [2.24, 2.45) is 0 Å². The molecule has 0 spiro atoms. The summed E-state index contributed by atoms with van der Waals surface area (Å²) in [5, 5.41) is 7.69. The second-order valence-corrected chi connectivity index (χ2v) is 1.25. The first-order valence-corrected chi connectivity index (χ1v) is 1.89. The molecule has 0 fully saturated rings. The SMILES string of the molecule is C=C(C)C=COO. The average Bonchev–Trinajstić information content (AvgIpc) is 1.61. The number of allylic oxidation sites excluding steroid dienone is 2. The fourth-order valence-corrected chi connectivity index (χ4v) is 0.147. The van der Waals surface area contributed by atoms with Gasteiger partial charge in [-0.1, -0.05) is 12.2 Å². The highest BCUT2D eigenvalue weighted by Gasteiger charge is 1.69. The molecule has 0 amide bonds. The molecule has 0 aliphatic rings. The third-order valence-electron chi connectivity index (χ3n) is 0.413. The lowest BCUT2D eigenvalue weighted by atomic mass is 10.4. The molecule has 0 atom stereocenters. The van der Waals surface area contributed by atoms with Crippen LogP contribution >= 0.6 is 0 Å². The molecule has 0 unspecified atom stereocenters. The molecule has 0 aliphatic carbocycles. The molecule has 2 heteroatoms. The monoisotopic (exact) mass is 100 g/mol. The molecular formula is C5H8O2. The van der Waals surface area contributed by atoms with Crippen molar-refractivity contribution in [3.63, 3.8) is 0 Å². The molecular weight excluding hydrogens is 92.1 g/mol. The summed E-state index contributed by atoms with van der Waals surface area (Å²) >= 11 is 0. The predicted molar refractivity (Wildman–Crippen MR) is 27.7 cm³/mol. The van der Waals surface area contributed by atoms with Crippen molar-refractivity contribution in [1.82, 2.24) is 0 Å². The Balaban J connectivity index is 3.26. The van der Waals surface area contributed by atoms with Crippen molar-refractivity contribution in [1.29, 1.82) is 0 Å². The van der Waals surface area contributed by atoms with Crippen molar-refractivity contribution in [3.8, 4) is 0 Å². The number of hydrogen-bond acceptors (Lipinski definition) is 2. The van der Waals surface area contributed by atoms with Gasteiger partial charge in [-0.05, 0) is 13.0 Å². The van der Waals surface area contributed by atoms with Gasteiger partial charge in [-0.25, -0.2) is 5.26 Å². The van der Waals surface area contributed by atoms with Crippen molar-refractivity contribution in [3.05, 3.63) is 24.5 Å². The van der Waals surface area contributed by atoms with Crippen LogP contribution in [0, 0.1) is 0 Å². The Bertz CT molecular complexity index is 84.1. The molecule has 0 aliphatic heterocycles. The van der Waals surface area contributed by atoms with Crippen molar-refractivity contribution in [2.75, 3.05) is 0 Å². The summed E-state index contributed by atoms with van der Waals surface area (Å²) in [6.07, 6.45) is 2.71. The van der Waals surface area contributed by atoms with Gasteiger partial charge in [-0.3, -0.25) is 0 Å². The maximum absolute atomic E-state index is 7.69. The average molecular weight is 100 g/mol. The summed E-state index contributed by atoms with van der Waals surface area (Å²) in [4.78, 5) is 3.61. The van der Waals surface area contributed by atoms with E-state index in [1.165, 1.54) is 0 Å². The fourth-order valence-electron chi connectivity index (χ4n) is 0.147. The van der Waals surface area contributed by atoms with Gasteiger partial charge in [-0.2, -0.15) is 0 Å². The molecule has 0 aromatic carbocycles. The normalized spacial score (nSPS) is 9.43. The zero-order valence-corrected chi connectivity index (χ0v) is 4.22. The van der Waals surface area contributed by atoms with Gasteiger partial charge in [0.2, 0.25) is 0 Å². The van der Waals surface area contributed by atoms with Gasteiger partial charge in [0, 0.05) is 0 Å². The highest BCUT2D eigenvalue weighted by atomic mass is 17.1. The molecule has 0 heterocycles. The Labute approximate surface area is 42.7 Å². The summed E-state index contributed by atoms with van der Waals surface area (Å²) in [6, 6.07) is 0. The first kappa shape index (κ1) is 6.24. The van der Waals surface area contributed by atoms with Gasteiger partial charge in [-0.15, -0.1) is 0 Å². The maximum atomic E-state index is 7.69. The minimum absolute atomic E-state index is 0.842. The van der Waals surface area contributed by atoms with E-state index in [4.69, 9.17) is 5.26 Å². The van der Waals surface area contributed by atoms with E-state index in [1.807, 2.05) is 0 Å². The van der Waals surface area contributed by atoms with E-state index in [2.05, 4.69) is 11.5 Å². The summed E-state index contributed by atoms with van der Waals surface area (Å²) in [6.45, 7) is 5.32. The fraction of sp³-hybridized carbons (Fsp3) is 0.200. The van der Waals surface area contributed by atoms with E-state index >= 15 is 0 Å².